The van der Waals surface area contributed by atoms with Crippen LogP contribution in [0.3, 0.4) is 0 Å². The van der Waals surface area contributed by atoms with Crippen molar-refractivity contribution < 1.29 is 9.59 Å². The molecule has 1 N–H and O–H groups in total. The Labute approximate surface area is 208 Å². The Morgan fingerprint density at radius 1 is 0.917 bits per heavy atom. The number of carbonyl (C=O) groups excluding carboxylic acids is 2. The molecule has 2 aromatic heterocycles. The van der Waals surface area contributed by atoms with Crippen LogP contribution in [0.2, 0.25) is 0 Å². The van der Waals surface area contributed by atoms with Crippen molar-refractivity contribution in [3.63, 3.8) is 0 Å². The van der Waals surface area contributed by atoms with E-state index in [4.69, 9.17) is 4.98 Å². The van der Waals surface area contributed by atoms with E-state index >= 15 is 0 Å². The van der Waals surface area contributed by atoms with E-state index in [1.54, 1.807) is 18.2 Å². The average molecular weight is 479 g/mol. The minimum Gasteiger partial charge on any atom is -0.343 e. The van der Waals surface area contributed by atoms with Gasteiger partial charge in [0.2, 0.25) is 5.91 Å². The molecule has 2 amide bonds. The summed E-state index contributed by atoms with van der Waals surface area (Å²) in [5, 5.41) is 3.59. The summed E-state index contributed by atoms with van der Waals surface area (Å²) in [5.74, 6) is -0.0168. The van der Waals surface area contributed by atoms with E-state index in [1.165, 1.54) is 0 Å². The highest BCUT2D eigenvalue weighted by molar-refractivity contribution is 6.08. The van der Waals surface area contributed by atoms with E-state index in [-0.39, 0.29) is 35.8 Å². The monoisotopic (exact) mass is 478 g/mol. The Hall–Kier alpha value is -4.26. The van der Waals surface area contributed by atoms with Crippen molar-refractivity contribution in [3.8, 4) is 11.3 Å². The van der Waals surface area contributed by atoms with Crippen molar-refractivity contribution in [2.75, 3.05) is 19.6 Å². The number of fused-ring (bicyclic) bond motifs is 5. The topological polar surface area (TPSA) is 84.3 Å². The van der Waals surface area contributed by atoms with Crippen LogP contribution >= 0.6 is 0 Å². The summed E-state index contributed by atoms with van der Waals surface area (Å²) in [5.41, 5.74) is 3.88. The highest BCUT2D eigenvalue weighted by Crippen LogP contribution is 2.35. The molecule has 0 radical (unpaired) electrons. The second-order valence-corrected chi connectivity index (χ2v) is 9.62. The summed E-state index contributed by atoms with van der Waals surface area (Å²) in [6, 6.07) is 24.4. The van der Waals surface area contributed by atoms with Gasteiger partial charge < -0.3 is 14.8 Å². The summed E-state index contributed by atoms with van der Waals surface area (Å²) in [6.45, 7) is 1.72. The molecule has 2 aromatic carbocycles. The molecular weight excluding hydrogens is 452 g/mol. The number of nitrogens with zero attached hydrogens (tertiary/aromatic N) is 3. The van der Waals surface area contributed by atoms with E-state index in [0.29, 0.717) is 30.9 Å². The number of pyridine rings is 2. The molecule has 7 heteroatoms. The second-order valence-electron chi connectivity index (χ2n) is 9.62. The Kier molecular flexibility index (Phi) is 5.60. The van der Waals surface area contributed by atoms with Crippen LogP contribution in [-0.2, 0) is 11.3 Å². The number of piperidine rings is 1. The fourth-order valence-corrected chi connectivity index (χ4v) is 5.58. The van der Waals surface area contributed by atoms with Crippen LogP contribution < -0.4 is 10.9 Å². The average Bonchev–Trinajstić information content (AvgIpc) is 2.92. The molecule has 180 valence electrons. The lowest BCUT2D eigenvalue weighted by Crippen LogP contribution is -2.51. The largest absolute Gasteiger partial charge is 0.343 e. The van der Waals surface area contributed by atoms with Crippen molar-refractivity contribution in [1.29, 1.82) is 0 Å². The van der Waals surface area contributed by atoms with Gasteiger partial charge in [0.25, 0.3) is 11.5 Å². The fraction of sp³-hybridized carbons (Fsp3) is 0.241. The van der Waals surface area contributed by atoms with E-state index in [9.17, 15) is 14.4 Å². The van der Waals surface area contributed by atoms with Crippen LogP contribution in [0.5, 0.6) is 0 Å². The first-order valence-corrected chi connectivity index (χ1v) is 12.3. The predicted octanol–water partition coefficient (Wildman–Crippen LogP) is 3.44. The lowest BCUT2D eigenvalue weighted by atomic mass is 9.83. The van der Waals surface area contributed by atoms with Gasteiger partial charge in [-0.1, -0.05) is 54.6 Å². The van der Waals surface area contributed by atoms with E-state index in [0.717, 1.165) is 28.6 Å². The first kappa shape index (κ1) is 22.2. The van der Waals surface area contributed by atoms with Gasteiger partial charge in [0.15, 0.2) is 0 Å². The van der Waals surface area contributed by atoms with Crippen molar-refractivity contribution >= 4 is 22.7 Å². The van der Waals surface area contributed by atoms with Crippen LogP contribution in [0, 0.1) is 5.92 Å². The zero-order chi connectivity index (χ0) is 24.6. The van der Waals surface area contributed by atoms with Gasteiger partial charge in [0.1, 0.15) is 0 Å². The molecule has 4 heterocycles. The summed E-state index contributed by atoms with van der Waals surface area (Å²) in [7, 11) is 0. The number of amides is 2. The molecule has 2 aliphatic heterocycles. The van der Waals surface area contributed by atoms with Gasteiger partial charge in [0.05, 0.1) is 23.3 Å². The number of hydrogen-bond donors (Lipinski definition) is 1. The molecule has 2 aliphatic rings. The molecule has 0 aliphatic carbocycles. The molecule has 1 saturated heterocycles. The third-order valence-corrected chi connectivity index (χ3v) is 7.26. The second kappa shape index (κ2) is 9.07. The highest BCUT2D eigenvalue weighted by Gasteiger charge is 2.36. The van der Waals surface area contributed by atoms with Crippen LogP contribution in [0.15, 0.2) is 83.7 Å². The molecule has 36 heavy (non-hydrogen) atoms. The maximum Gasteiger partial charge on any atom is 0.252 e. The number of likely N-dealkylation sites (tertiary alicyclic amines) is 1. The zero-order valence-electron chi connectivity index (χ0n) is 19.8. The lowest BCUT2D eigenvalue weighted by Gasteiger charge is -2.42. The highest BCUT2D eigenvalue weighted by atomic mass is 16.2. The number of para-hydroxylation sites is 1. The Morgan fingerprint density at radius 2 is 1.72 bits per heavy atom. The van der Waals surface area contributed by atoms with Crippen molar-refractivity contribution in [2.45, 2.75) is 18.9 Å². The summed E-state index contributed by atoms with van der Waals surface area (Å²) >= 11 is 0. The molecular formula is C29H26N4O3. The lowest BCUT2D eigenvalue weighted by molar-refractivity contribution is -0.132. The van der Waals surface area contributed by atoms with Crippen molar-refractivity contribution in [2.24, 2.45) is 5.92 Å². The number of hydrogen-bond acceptors (Lipinski definition) is 4. The van der Waals surface area contributed by atoms with Gasteiger partial charge in [-0.15, -0.1) is 0 Å². The first-order chi connectivity index (χ1) is 17.6. The third kappa shape index (κ3) is 4.06. The van der Waals surface area contributed by atoms with Gasteiger partial charge in [-0.3, -0.25) is 14.4 Å². The normalized spacial score (nSPS) is 18.5. The number of nitrogens with one attached hydrogen (secondary N) is 1. The fourth-order valence-electron chi connectivity index (χ4n) is 5.58. The molecule has 0 saturated carbocycles. The number of rotatable bonds is 4. The first-order valence-electron chi connectivity index (χ1n) is 12.3. The molecule has 2 atom stereocenters. The number of benzene rings is 2. The molecule has 6 rings (SSSR count). The molecule has 1 fully saturated rings. The van der Waals surface area contributed by atoms with E-state index < -0.39 is 0 Å². The number of carbonyl (C=O) groups is 2. The van der Waals surface area contributed by atoms with Gasteiger partial charge >= 0.3 is 0 Å². The Bertz CT molecular complexity index is 1530. The van der Waals surface area contributed by atoms with Crippen molar-refractivity contribution in [1.82, 2.24) is 19.8 Å². The molecule has 2 unspecified atom stereocenters. The van der Waals surface area contributed by atoms with Gasteiger partial charge in [0, 0.05) is 48.3 Å². The standard InChI is InChI=1S/C29H26N4O3/c34-27-12-6-11-26-21-13-19(17-33(26)27)16-32(18-21)28(35)15-30-29(36)23-14-25(20-7-2-1-3-8-20)31-24-10-5-4-9-22(23)24/h1-12,14,19,21H,13,15-18H2,(H,30,36). The van der Waals surface area contributed by atoms with Crippen LogP contribution in [0.25, 0.3) is 22.2 Å². The third-order valence-electron chi connectivity index (χ3n) is 7.26. The van der Waals surface area contributed by atoms with Gasteiger partial charge in [-0.2, -0.15) is 0 Å². The maximum atomic E-state index is 13.3. The summed E-state index contributed by atoms with van der Waals surface area (Å²) < 4.78 is 1.85. The maximum absolute atomic E-state index is 13.3. The minimum atomic E-state index is -0.298. The Balaban J connectivity index is 1.20. The molecule has 4 aromatic rings. The van der Waals surface area contributed by atoms with E-state index in [2.05, 4.69) is 5.32 Å². The van der Waals surface area contributed by atoms with Crippen LogP contribution in [0.4, 0.5) is 0 Å². The summed E-state index contributed by atoms with van der Waals surface area (Å²) in [6.07, 6.45) is 0.977. The molecule has 7 nitrogen and oxygen atoms in total. The number of aromatic nitrogens is 2. The smallest absolute Gasteiger partial charge is 0.252 e. The van der Waals surface area contributed by atoms with E-state index in [1.807, 2.05) is 70.1 Å². The molecule has 2 bridgehead atoms. The minimum absolute atomic E-state index is 0.0219. The predicted molar refractivity (Wildman–Crippen MR) is 138 cm³/mol. The van der Waals surface area contributed by atoms with Crippen molar-refractivity contribution in [3.05, 3.63) is 100 Å². The van der Waals surface area contributed by atoms with Gasteiger partial charge in [-0.25, -0.2) is 4.98 Å². The van der Waals surface area contributed by atoms with Crippen LogP contribution in [-0.4, -0.2) is 45.9 Å². The molecule has 0 spiro atoms. The SMILES string of the molecule is O=C(NCC(=O)N1CC2CC(C1)c1cccc(=O)n1C2)c1cc(-c2ccccc2)nc2ccccc12. The Morgan fingerprint density at radius 3 is 2.58 bits per heavy atom. The zero-order valence-corrected chi connectivity index (χ0v) is 19.8. The summed E-state index contributed by atoms with van der Waals surface area (Å²) in [4.78, 5) is 45.2. The van der Waals surface area contributed by atoms with Crippen LogP contribution in [0.1, 0.15) is 28.4 Å². The van der Waals surface area contributed by atoms with Gasteiger partial charge in [-0.05, 0) is 30.5 Å². The quantitative estimate of drug-likeness (QED) is 0.487.